The minimum absolute atomic E-state index is 0.263. The minimum Gasteiger partial charge on any atom is -0.465 e. The van der Waals surface area contributed by atoms with Crippen LogP contribution < -0.4 is 0 Å². The van der Waals surface area contributed by atoms with E-state index in [4.69, 9.17) is 39.0 Å². The number of hydrogen-bond donors (Lipinski definition) is 0. The number of hydrogen-bond acceptors (Lipinski definition) is 3. The third kappa shape index (κ3) is 3.07. The number of ether oxygens (including phenoxy) is 1. The van der Waals surface area contributed by atoms with E-state index < -0.39 is 4.89 Å². The molecule has 1 fully saturated rings. The monoisotopic (exact) mass is 275 g/mol. The molecule has 0 radical (unpaired) electrons. The molecule has 1 aliphatic rings. The Labute approximate surface area is 98.3 Å². The quantitative estimate of drug-likeness (QED) is 0.585. The van der Waals surface area contributed by atoms with Crippen LogP contribution in [-0.2, 0) is 21.3 Å². The van der Waals surface area contributed by atoms with Crippen LogP contribution in [0, 0.1) is 0 Å². The summed E-state index contributed by atoms with van der Waals surface area (Å²) >= 11 is 16.8. The van der Waals surface area contributed by atoms with Gasteiger partial charge in [0.15, 0.2) is 4.89 Å². The molecule has 7 heteroatoms. The van der Waals surface area contributed by atoms with E-state index in [9.17, 15) is 4.79 Å². The fourth-order valence-corrected chi connectivity index (χ4v) is 4.09. The van der Waals surface area contributed by atoms with Gasteiger partial charge in [0.25, 0.3) is 0 Å². The van der Waals surface area contributed by atoms with E-state index in [2.05, 4.69) is 0 Å². The van der Waals surface area contributed by atoms with Crippen LogP contribution in [0.15, 0.2) is 0 Å². The zero-order chi connectivity index (χ0) is 10.8. The second kappa shape index (κ2) is 5.13. The fourth-order valence-electron chi connectivity index (χ4n) is 1.51. The summed E-state index contributed by atoms with van der Waals surface area (Å²) in [5.41, 5.74) is 0. The number of carbonyl (C=O) groups is 1. The molecule has 0 aliphatic carbocycles. The lowest BCUT2D eigenvalue weighted by Gasteiger charge is -2.25. The fraction of sp³-hybridized carbons (Fsp3) is 0.857. The Hall–Kier alpha value is 0.660. The van der Waals surface area contributed by atoms with E-state index in [0.717, 1.165) is 12.8 Å². The molecule has 14 heavy (non-hydrogen) atoms. The molecule has 82 valence electrons. The van der Waals surface area contributed by atoms with Crippen molar-refractivity contribution < 1.29 is 9.53 Å². The Kier molecular flexibility index (Phi) is 4.66. The van der Waals surface area contributed by atoms with E-state index in [0.29, 0.717) is 13.2 Å². The highest BCUT2D eigenvalue weighted by Gasteiger charge is 2.38. The zero-order valence-electron chi connectivity index (χ0n) is 7.78. The van der Waals surface area contributed by atoms with Crippen molar-refractivity contribution in [2.24, 2.45) is 0 Å². The SMILES string of the molecule is CCOC(=O)[C@@H]1CCCN1P(=S)(Cl)Cl. The Morgan fingerprint density at radius 1 is 1.71 bits per heavy atom. The number of esters is 1. The van der Waals surface area contributed by atoms with E-state index in [-0.39, 0.29) is 12.0 Å². The van der Waals surface area contributed by atoms with Gasteiger partial charge < -0.3 is 4.74 Å². The second-order valence-electron chi connectivity index (χ2n) is 3.01. The maximum absolute atomic E-state index is 11.5. The Morgan fingerprint density at radius 3 is 2.86 bits per heavy atom. The molecule has 0 aromatic heterocycles. The predicted molar refractivity (Wildman–Crippen MR) is 62.4 cm³/mol. The molecule has 0 N–H and O–H groups in total. The van der Waals surface area contributed by atoms with Crippen LogP contribution in [-0.4, -0.2) is 29.8 Å². The molecular weight excluding hydrogens is 264 g/mol. The number of nitrogens with zero attached hydrogens (tertiary/aromatic N) is 1. The van der Waals surface area contributed by atoms with Crippen molar-refractivity contribution in [1.29, 1.82) is 0 Å². The lowest BCUT2D eigenvalue weighted by atomic mass is 10.2. The first-order valence-electron chi connectivity index (χ1n) is 4.40. The number of rotatable bonds is 3. The first-order valence-corrected chi connectivity index (χ1v) is 8.96. The second-order valence-corrected chi connectivity index (χ2v) is 10.6. The highest BCUT2D eigenvalue weighted by molar-refractivity contribution is 8.37. The maximum atomic E-state index is 11.5. The van der Waals surface area contributed by atoms with Crippen LogP contribution in [0.2, 0.25) is 0 Å². The molecule has 0 bridgehead atoms. The zero-order valence-corrected chi connectivity index (χ0v) is 11.0. The van der Waals surface area contributed by atoms with Gasteiger partial charge in [-0.3, -0.25) is 4.79 Å². The van der Waals surface area contributed by atoms with Gasteiger partial charge in [-0.1, -0.05) is 22.5 Å². The summed E-state index contributed by atoms with van der Waals surface area (Å²) in [6, 6.07) is -0.337. The molecule has 0 unspecified atom stereocenters. The summed E-state index contributed by atoms with van der Waals surface area (Å²) in [6.07, 6.45) is 1.62. The predicted octanol–water partition coefficient (Wildman–Crippen LogP) is 2.72. The molecule has 1 heterocycles. The molecule has 1 atom stereocenters. The largest absolute Gasteiger partial charge is 0.465 e. The smallest absolute Gasteiger partial charge is 0.323 e. The first kappa shape index (κ1) is 12.7. The minimum atomic E-state index is -2.54. The normalized spacial score (nSPS) is 23.8. The summed E-state index contributed by atoms with van der Waals surface area (Å²) < 4.78 is 6.62. The van der Waals surface area contributed by atoms with Crippen LogP contribution in [0.5, 0.6) is 0 Å². The summed E-state index contributed by atoms with van der Waals surface area (Å²) in [5, 5.41) is 0. The van der Waals surface area contributed by atoms with Crippen molar-refractivity contribution in [2.75, 3.05) is 13.2 Å². The van der Waals surface area contributed by atoms with Gasteiger partial charge in [-0.15, -0.1) is 0 Å². The van der Waals surface area contributed by atoms with Crippen molar-refractivity contribution >= 4 is 45.2 Å². The summed E-state index contributed by atoms with van der Waals surface area (Å²) in [7, 11) is 0. The Balaban J connectivity index is 2.69. The molecular formula is C7H12Cl2NO2PS. The molecule has 0 aromatic carbocycles. The average Bonchev–Trinajstić information content (AvgIpc) is 2.50. The van der Waals surface area contributed by atoms with Gasteiger partial charge >= 0.3 is 5.97 Å². The van der Waals surface area contributed by atoms with Gasteiger partial charge in [0.05, 0.1) is 6.61 Å². The molecule has 1 saturated heterocycles. The maximum Gasteiger partial charge on any atom is 0.323 e. The standard InChI is InChI=1S/C7H12Cl2NO2PS/c1-2-12-7(11)6-4-3-5-10(6)13(8,9)14/h6H,2-5H2,1H3/t6-/m0/s1. The van der Waals surface area contributed by atoms with Gasteiger partial charge in [0, 0.05) is 6.54 Å². The summed E-state index contributed by atoms with van der Waals surface area (Å²) in [4.78, 5) is 8.96. The lowest BCUT2D eigenvalue weighted by molar-refractivity contribution is -0.146. The molecule has 1 aliphatic heterocycles. The van der Waals surface area contributed by atoms with Gasteiger partial charge in [0.2, 0.25) is 0 Å². The van der Waals surface area contributed by atoms with Crippen molar-refractivity contribution in [3.8, 4) is 0 Å². The van der Waals surface area contributed by atoms with Crippen molar-refractivity contribution in [2.45, 2.75) is 25.8 Å². The molecule has 3 nitrogen and oxygen atoms in total. The third-order valence-electron chi connectivity index (χ3n) is 2.08. The number of carbonyl (C=O) groups excluding carboxylic acids is 1. The van der Waals surface area contributed by atoms with E-state index in [1.165, 1.54) is 0 Å². The molecule has 0 aromatic rings. The topological polar surface area (TPSA) is 29.5 Å². The highest BCUT2D eigenvalue weighted by Crippen LogP contribution is 2.62. The molecule has 0 spiro atoms. The molecule has 1 rings (SSSR count). The van der Waals surface area contributed by atoms with Crippen LogP contribution in [0.25, 0.3) is 0 Å². The van der Waals surface area contributed by atoms with E-state index >= 15 is 0 Å². The van der Waals surface area contributed by atoms with Gasteiger partial charge in [-0.05, 0) is 31.6 Å². The van der Waals surface area contributed by atoms with Crippen molar-refractivity contribution in [1.82, 2.24) is 4.67 Å². The van der Waals surface area contributed by atoms with Gasteiger partial charge in [0.1, 0.15) is 6.04 Å². The van der Waals surface area contributed by atoms with E-state index in [1.54, 1.807) is 11.6 Å². The van der Waals surface area contributed by atoms with Gasteiger partial charge in [-0.2, -0.15) is 0 Å². The first-order chi connectivity index (χ1) is 6.46. The van der Waals surface area contributed by atoms with E-state index in [1.807, 2.05) is 0 Å². The Bertz CT molecular complexity index is 270. The summed E-state index contributed by atoms with van der Waals surface area (Å²) in [5.74, 6) is -0.263. The van der Waals surface area contributed by atoms with Crippen molar-refractivity contribution in [3.05, 3.63) is 0 Å². The van der Waals surface area contributed by atoms with Gasteiger partial charge in [-0.25, -0.2) is 4.67 Å². The Morgan fingerprint density at radius 2 is 2.36 bits per heavy atom. The number of halogens is 2. The molecule has 0 saturated carbocycles. The average molecular weight is 276 g/mol. The van der Waals surface area contributed by atoms with Crippen LogP contribution >= 0.6 is 27.4 Å². The van der Waals surface area contributed by atoms with Crippen LogP contribution in [0.1, 0.15) is 19.8 Å². The van der Waals surface area contributed by atoms with Crippen LogP contribution in [0.3, 0.4) is 0 Å². The highest BCUT2D eigenvalue weighted by atomic mass is 35.9. The summed E-state index contributed by atoms with van der Waals surface area (Å²) in [6.45, 7) is 2.83. The lowest BCUT2D eigenvalue weighted by Crippen LogP contribution is -2.33. The third-order valence-corrected chi connectivity index (χ3v) is 4.95. The molecule has 0 amide bonds. The van der Waals surface area contributed by atoms with Crippen molar-refractivity contribution in [3.63, 3.8) is 0 Å². The van der Waals surface area contributed by atoms with Crippen LogP contribution in [0.4, 0.5) is 0 Å².